The molecular formula is C18H27MgNO7S. The average Bonchev–Trinajstić information content (AvgIpc) is 3.05. The van der Waals surface area contributed by atoms with Crippen molar-refractivity contribution in [2.75, 3.05) is 52.5 Å². The minimum Gasteiger partial charge on any atom is -1.00 e. The number of carboxylic acid groups (broad SMARTS) is 1. The van der Waals surface area contributed by atoms with Gasteiger partial charge in [0.1, 0.15) is 11.7 Å². The van der Waals surface area contributed by atoms with Crippen LogP contribution in [0.25, 0.3) is 0 Å². The summed E-state index contributed by atoms with van der Waals surface area (Å²) >= 11 is 1.30. The number of para-hydroxylation sites is 1. The van der Waals surface area contributed by atoms with Gasteiger partial charge >= 0.3 is 29.0 Å². The number of aliphatic imine (C=N–C) groups is 1. The van der Waals surface area contributed by atoms with Gasteiger partial charge in [-0.2, -0.15) is 0 Å². The van der Waals surface area contributed by atoms with Gasteiger partial charge in [-0.1, -0.05) is 6.07 Å². The molecule has 1 aliphatic rings. The molecule has 0 radical (unpaired) electrons. The van der Waals surface area contributed by atoms with Gasteiger partial charge in [0, 0.05) is 12.9 Å². The number of methoxy groups -OCH3 is 1. The number of ether oxygens (including phenoxy) is 4. The number of aliphatic carboxylic acids is 1. The number of benzene rings is 1. The monoisotopic (exact) mass is 425 g/mol. The van der Waals surface area contributed by atoms with Gasteiger partial charge in [-0.05, 0) is 19.1 Å². The third kappa shape index (κ3) is 7.09. The van der Waals surface area contributed by atoms with E-state index in [0.717, 1.165) is 0 Å². The summed E-state index contributed by atoms with van der Waals surface area (Å²) in [5, 5.41) is 20.2. The van der Waals surface area contributed by atoms with E-state index < -0.39 is 11.5 Å². The molecule has 10 heteroatoms. The Labute approximate surface area is 187 Å². The topological polar surface area (TPSA) is 107 Å². The number of phenols is 1. The average molecular weight is 426 g/mol. The number of thioether (sulfide) groups is 1. The van der Waals surface area contributed by atoms with E-state index in [9.17, 15) is 15.0 Å². The van der Waals surface area contributed by atoms with E-state index in [1.807, 2.05) is 0 Å². The van der Waals surface area contributed by atoms with Crippen LogP contribution in [0.1, 0.15) is 15.3 Å². The minimum absolute atomic E-state index is 0. The predicted molar refractivity (Wildman–Crippen MR) is 110 cm³/mol. The maximum atomic E-state index is 11.3. The molecule has 8 nitrogen and oxygen atoms in total. The van der Waals surface area contributed by atoms with Crippen molar-refractivity contribution < 1.29 is 36.8 Å². The zero-order chi connectivity index (χ0) is 19.7. The van der Waals surface area contributed by atoms with Crippen molar-refractivity contribution in [3.8, 4) is 11.5 Å². The first-order valence-corrected chi connectivity index (χ1v) is 9.52. The second-order valence-corrected chi connectivity index (χ2v) is 6.97. The molecule has 0 spiro atoms. The van der Waals surface area contributed by atoms with Crippen LogP contribution in [0.15, 0.2) is 23.2 Å². The van der Waals surface area contributed by atoms with Gasteiger partial charge in [0.25, 0.3) is 0 Å². The Bertz CT molecular complexity index is 684. The first-order chi connectivity index (χ1) is 13.0. The molecule has 154 valence electrons. The molecule has 1 heterocycles. The van der Waals surface area contributed by atoms with Crippen LogP contribution in [0.5, 0.6) is 11.5 Å². The summed E-state index contributed by atoms with van der Waals surface area (Å²) in [6.45, 7) is 4.17. The number of nitrogens with zero attached hydrogens (tertiary/aromatic N) is 1. The van der Waals surface area contributed by atoms with Gasteiger partial charge in [0.05, 0.1) is 38.6 Å². The van der Waals surface area contributed by atoms with E-state index in [2.05, 4.69) is 4.99 Å². The van der Waals surface area contributed by atoms with E-state index in [1.54, 1.807) is 32.2 Å². The third-order valence-corrected chi connectivity index (χ3v) is 5.11. The molecule has 0 bridgehead atoms. The summed E-state index contributed by atoms with van der Waals surface area (Å²) in [5.74, 6) is -0.413. The molecule has 0 aromatic heterocycles. The number of carbonyl (C=O) groups is 1. The summed E-state index contributed by atoms with van der Waals surface area (Å²) in [5.41, 5.74) is -0.711. The van der Waals surface area contributed by atoms with E-state index in [4.69, 9.17) is 18.9 Å². The minimum atomic E-state index is -1.18. The molecule has 2 rings (SSSR count). The van der Waals surface area contributed by atoms with Gasteiger partial charge < -0.3 is 32.0 Å². The first-order valence-electron chi connectivity index (χ1n) is 8.53. The fourth-order valence-electron chi connectivity index (χ4n) is 2.23. The summed E-state index contributed by atoms with van der Waals surface area (Å²) in [6, 6.07) is 5.06. The van der Waals surface area contributed by atoms with Crippen molar-refractivity contribution in [3.05, 3.63) is 23.8 Å². The number of carboxylic acids is 1. The van der Waals surface area contributed by atoms with Gasteiger partial charge in [-0.25, -0.2) is 4.79 Å². The number of aromatic hydroxyl groups is 1. The molecule has 0 aliphatic carbocycles. The largest absolute Gasteiger partial charge is 2.00 e. The van der Waals surface area contributed by atoms with E-state index in [-0.39, 0.29) is 38.3 Å². The molecular weight excluding hydrogens is 399 g/mol. The van der Waals surface area contributed by atoms with Gasteiger partial charge in [0.2, 0.25) is 0 Å². The van der Waals surface area contributed by atoms with Crippen molar-refractivity contribution >= 4 is 45.8 Å². The zero-order valence-electron chi connectivity index (χ0n) is 18.2. The van der Waals surface area contributed by atoms with Crippen LogP contribution < -0.4 is 4.74 Å². The summed E-state index contributed by atoms with van der Waals surface area (Å²) < 4.78 is 21.1. The molecule has 1 aromatic carbocycles. The van der Waals surface area contributed by atoms with Crippen molar-refractivity contribution in [1.29, 1.82) is 0 Å². The Hall–Kier alpha value is -1.04. The number of hydrogen-bond donors (Lipinski definition) is 2. The van der Waals surface area contributed by atoms with E-state index >= 15 is 0 Å². The zero-order valence-corrected chi connectivity index (χ0v) is 18.4. The second-order valence-electron chi connectivity index (χ2n) is 6.00. The van der Waals surface area contributed by atoms with Crippen LogP contribution in [0, 0.1) is 0 Å². The number of hydrogen-bond acceptors (Lipinski definition) is 8. The molecule has 2 N–H and O–H groups in total. The second kappa shape index (κ2) is 12.5. The van der Waals surface area contributed by atoms with Crippen molar-refractivity contribution in [3.63, 3.8) is 0 Å². The Morgan fingerprint density at radius 2 is 1.86 bits per heavy atom. The third-order valence-electron chi connectivity index (χ3n) is 3.82. The summed E-state index contributed by atoms with van der Waals surface area (Å²) in [7, 11) is 1.62. The molecule has 0 saturated heterocycles. The molecule has 0 saturated carbocycles. The number of rotatable bonds is 12. The smallest absolute Gasteiger partial charge is 1.00 e. The van der Waals surface area contributed by atoms with Gasteiger partial charge in [-0.15, -0.1) is 11.8 Å². The normalized spacial score (nSPS) is 18.4. The number of phenolic OH excluding ortho intramolecular Hbond substituents is 1. The van der Waals surface area contributed by atoms with Crippen molar-refractivity contribution in [1.82, 2.24) is 0 Å². The molecule has 1 unspecified atom stereocenters. The van der Waals surface area contributed by atoms with Crippen LogP contribution in [0.2, 0.25) is 0 Å². The fraction of sp³-hybridized carbons (Fsp3) is 0.556. The van der Waals surface area contributed by atoms with E-state index in [1.165, 1.54) is 11.8 Å². The van der Waals surface area contributed by atoms with Crippen molar-refractivity contribution in [2.45, 2.75) is 12.5 Å². The first kappa shape index (κ1) is 25.0. The quantitative estimate of drug-likeness (QED) is 0.384. The van der Waals surface area contributed by atoms with Crippen LogP contribution in [0.3, 0.4) is 0 Å². The Kier molecular flexibility index (Phi) is 11.2. The predicted octanol–water partition coefficient (Wildman–Crippen LogP) is 1.63. The SMILES string of the molecule is COCCOCCOCCOc1cccc(C2=NC(C)(C(=O)O)CS2)c1O.[H-].[H-].[Mg+2]. The van der Waals surface area contributed by atoms with Gasteiger partial charge in [-0.3, -0.25) is 4.99 Å². The van der Waals surface area contributed by atoms with Crippen LogP contribution in [-0.2, 0) is 19.0 Å². The Balaban J connectivity index is 0. The standard InChI is InChI=1S/C18H25NO7S.Mg.2H/c1-18(17(21)22)12-27-16(19-18)13-4-3-5-14(15(13)20)26-11-10-25-9-8-24-7-6-23-2;;;/h3-5,20H,6-12H2,1-2H3,(H,21,22);;;/q;+2;2*-1. The molecule has 0 amide bonds. The van der Waals surface area contributed by atoms with E-state index in [0.29, 0.717) is 55.1 Å². The van der Waals surface area contributed by atoms with Crippen LogP contribution in [0.4, 0.5) is 0 Å². The summed E-state index contributed by atoms with van der Waals surface area (Å²) in [4.78, 5) is 15.6. The molecule has 28 heavy (non-hydrogen) atoms. The van der Waals surface area contributed by atoms with Crippen LogP contribution >= 0.6 is 11.8 Å². The molecule has 1 atom stereocenters. The molecule has 0 fully saturated rings. The maximum Gasteiger partial charge on any atom is 2.00 e. The van der Waals surface area contributed by atoms with Gasteiger partial charge in [0.15, 0.2) is 17.0 Å². The van der Waals surface area contributed by atoms with Crippen molar-refractivity contribution in [2.24, 2.45) is 4.99 Å². The van der Waals surface area contributed by atoms with Crippen LogP contribution in [-0.4, -0.2) is 102 Å². The maximum absolute atomic E-state index is 11.3. The fourth-order valence-corrected chi connectivity index (χ4v) is 3.42. The molecule has 1 aromatic rings. The summed E-state index contributed by atoms with van der Waals surface area (Å²) in [6.07, 6.45) is 0. The molecule has 1 aliphatic heterocycles. The Morgan fingerprint density at radius 1 is 1.21 bits per heavy atom. The Morgan fingerprint density at radius 3 is 2.46 bits per heavy atom.